The molecule has 0 aromatic carbocycles. The number of carbonyl (C=O) groups excluding carboxylic acids is 1. The van der Waals surface area contributed by atoms with Gasteiger partial charge in [-0.25, -0.2) is 0 Å². The molecule has 3 aliphatic heterocycles. The number of ether oxygens (including phenoxy) is 2. The molecule has 186 valence electrons. The summed E-state index contributed by atoms with van der Waals surface area (Å²) in [5.41, 5.74) is -0.729. The van der Waals surface area contributed by atoms with Crippen LogP contribution in [0.25, 0.3) is 0 Å². The van der Waals surface area contributed by atoms with E-state index in [1.807, 2.05) is 0 Å². The second kappa shape index (κ2) is 12.0. The van der Waals surface area contributed by atoms with Gasteiger partial charge in [-0.05, 0) is 37.9 Å². The van der Waals surface area contributed by atoms with E-state index in [4.69, 9.17) is 21.1 Å². The van der Waals surface area contributed by atoms with E-state index in [-0.39, 0.29) is 17.9 Å². The number of amides is 1. The SMILES string of the molecule is CCCC[C@@H]1CCO[C@@H]2[C@H](CN[C@@H]2C(=O)N[C@@H]([C@H]2OC(SC)[C@H](O)C(O)[C@@H]2O)[C@H](C)Cl)C1. The molecule has 2 unspecified atom stereocenters. The first-order valence-corrected chi connectivity index (χ1v) is 13.5. The molecule has 0 aromatic rings. The fourth-order valence-corrected chi connectivity index (χ4v) is 6.11. The molecule has 3 heterocycles. The Bertz CT molecular complexity index is 615. The van der Waals surface area contributed by atoms with Crippen LogP contribution in [0.15, 0.2) is 0 Å². The molecule has 3 fully saturated rings. The molecule has 0 saturated carbocycles. The molecule has 0 radical (unpaired) electrons. The average molecular weight is 495 g/mol. The molecule has 32 heavy (non-hydrogen) atoms. The number of aliphatic hydroxyl groups excluding tert-OH is 3. The van der Waals surface area contributed by atoms with Crippen LogP contribution in [0, 0.1) is 11.8 Å². The summed E-state index contributed by atoms with van der Waals surface area (Å²) in [6.45, 7) is 5.30. The molecule has 0 bridgehead atoms. The molecule has 1 amide bonds. The first kappa shape index (κ1) is 26.5. The van der Waals surface area contributed by atoms with E-state index in [1.54, 1.807) is 13.2 Å². The van der Waals surface area contributed by atoms with Gasteiger partial charge in [-0.3, -0.25) is 4.79 Å². The molecule has 0 aliphatic carbocycles. The lowest BCUT2D eigenvalue weighted by Gasteiger charge is -2.44. The number of halogens is 1. The third-order valence-corrected chi connectivity index (χ3v) is 8.24. The maximum absolute atomic E-state index is 13.3. The second-order valence-corrected chi connectivity index (χ2v) is 11.0. The molecular formula is C22H39ClN2O6S. The molecule has 8 nitrogen and oxygen atoms in total. The maximum atomic E-state index is 13.3. The summed E-state index contributed by atoms with van der Waals surface area (Å²) < 4.78 is 12.0. The zero-order valence-corrected chi connectivity index (χ0v) is 20.7. The first-order chi connectivity index (χ1) is 15.3. The standard InChI is InChI=1S/C22H39ClN2O6S/c1-4-5-6-12-7-8-30-19-13(9-12)10-24-15(19)21(29)25-14(11(2)23)20-17(27)16(26)18(28)22(31-20)32-3/h11-20,22,24,26-28H,4-10H2,1-3H3,(H,25,29)/t11-,12+,13-,14+,15-,16?,17-,18+,19+,20+,22?/m0/s1. The van der Waals surface area contributed by atoms with Crippen LogP contribution in [-0.2, 0) is 14.3 Å². The van der Waals surface area contributed by atoms with Crippen molar-refractivity contribution in [1.29, 1.82) is 0 Å². The highest BCUT2D eigenvalue weighted by atomic mass is 35.5. The topological polar surface area (TPSA) is 120 Å². The molecule has 3 aliphatic rings. The quantitative estimate of drug-likeness (QED) is 0.315. The number of thioether (sulfide) groups is 1. The van der Waals surface area contributed by atoms with Crippen molar-refractivity contribution in [3.8, 4) is 0 Å². The lowest BCUT2D eigenvalue weighted by molar-refractivity contribution is -0.205. The summed E-state index contributed by atoms with van der Waals surface area (Å²) in [6.07, 6.45) is 2.29. The van der Waals surface area contributed by atoms with Crippen molar-refractivity contribution in [3.63, 3.8) is 0 Å². The third kappa shape index (κ3) is 5.92. The Morgan fingerprint density at radius 3 is 2.69 bits per heavy atom. The number of fused-ring (bicyclic) bond motifs is 1. The molecule has 0 spiro atoms. The summed E-state index contributed by atoms with van der Waals surface area (Å²) in [5.74, 6) is 0.668. The van der Waals surface area contributed by atoms with Crippen LogP contribution in [0.1, 0.15) is 46.0 Å². The monoisotopic (exact) mass is 494 g/mol. The molecule has 5 N–H and O–H groups in total. The summed E-state index contributed by atoms with van der Waals surface area (Å²) >= 11 is 7.62. The van der Waals surface area contributed by atoms with E-state index in [2.05, 4.69) is 17.6 Å². The number of alkyl halides is 1. The average Bonchev–Trinajstić information content (AvgIpc) is 3.05. The minimum Gasteiger partial charge on any atom is -0.388 e. The van der Waals surface area contributed by atoms with Gasteiger partial charge in [0.25, 0.3) is 0 Å². The van der Waals surface area contributed by atoms with Gasteiger partial charge in [0.1, 0.15) is 35.9 Å². The Hall–Kier alpha value is -0.130. The van der Waals surface area contributed by atoms with Crippen LogP contribution >= 0.6 is 23.4 Å². The minimum absolute atomic E-state index is 0.198. The predicted octanol–water partition coefficient (Wildman–Crippen LogP) is 0.843. The number of unbranched alkanes of at least 4 members (excludes halogenated alkanes) is 1. The van der Waals surface area contributed by atoms with Gasteiger partial charge in [0.05, 0.1) is 17.5 Å². The highest BCUT2D eigenvalue weighted by Gasteiger charge is 2.49. The van der Waals surface area contributed by atoms with Gasteiger partial charge < -0.3 is 35.4 Å². The van der Waals surface area contributed by atoms with E-state index in [0.29, 0.717) is 12.5 Å². The Morgan fingerprint density at radius 2 is 2.03 bits per heavy atom. The van der Waals surface area contributed by atoms with E-state index >= 15 is 0 Å². The van der Waals surface area contributed by atoms with Gasteiger partial charge in [-0.1, -0.05) is 26.2 Å². The van der Waals surface area contributed by atoms with Crippen molar-refractivity contribution in [2.45, 2.75) is 99.4 Å². The number of hydrogen-bond donors (Lipinski definition) is 5. The summed E-state index contributed by atoms with van der Waals surface area (Å²) in [6, 6.07) is -1.25. The summed E-state index contributed by atoms with van der Waals surface area (Å²) in [7, 11) is 0. The van der Waals surface area contributed by atoms with E-state index in [1.165, 1.54) is 31.0 Å². The van der Waals surface area contributed by atoms with Crippen LogP contribution in [-0.4, -0.2) is 94.1 Å². The van der Waals surface area contributed by atoms with Crippen molar-refractivity contribution in [2.24, 2.45) is 11.8 Å². The number of aliphatic hydroxyl groups is 3. The zero-order chi connectivity index (χ0) is 23.4. The molecule has 10 heteroatoms. The third-order valence-electron chi connectivity index (χ3n) is 7.11. The predicted molar refractivity (Wildman–Crippen MR) is 125 cm³/mol. The van der Waals surface area contributed by atoms with Crippen LogP contribution in [0.3, 0.4) is 0 Å². The van der Waals surface area contributed by atoms with Gasteiger partial charge >= 0.3 is 0 Å². The first-order valence-electron chi connectivity index (χ1n) is 11.8. The van der Waals surface area contributed by atoms with Crippen molar-refractivity contribution >= 4 is 29.3 Å². The molecule has 11 atom stereocenters. The largest absolute Gasteiger partial charge is 0.388 e. The van der Waals surface area contributed by atoms with Gasteiger partial charge in [-0.15, -0.1) is 23.4 Å². The normalized spacial score (nSPS) is 42.0. The van der Waals surface area contributed by atoms with Crippen LogP contribution < -0.4 is 10.6 Å². The molecule has 3 saturated heterocycles. The Morgan fingerprint density at radius 1 is 1.28 bits per heavy atom. The Labute approximate surface area is 200 Å². The lowest BCUT2D eigenvalue weighted by atomic mass is 9.87. The highest BCUT2D eigenvalue weighted by Crippen LogP contribution is 2.34. The van der Waals surface area contributed by atoms with Crippen molar-refractivity contribution in [3.05, 3.63) is 0 Å². The molecule has 0 aromatic heterocycles. The fraction of sp³-hybridized carbons (Fsp3) is 0.955. The van der Waals surface area contributed by atoms with Crippen molar-refractivity contribution in [1.82, 2.24) is 10.6 Å². The summed E-state index contributed by atoms with van der Waals surface area (Å²) in [5, 5.41) is 36.6. The lowest BCUT2D eigenvalue weighted by Crippen LogP contribution is -2.65. The van der Waals surface area contributed by atoms with Gasteiger partial charge in [-0.2, -0.15) is 0 Å². The Balaban J connectivity index is 1.66. The van der Waals surface area contributed by atoms with E-state index in [9.17, 15) is 20.1 Å². The van der Waals surface area contributed by atoms with Gasteiger partial charge in [0, 0.05) is 13.2 Å². The zero-order valence-electron chi connectivity index (χ0n) is 19.2. The number of rotatable bonds is 8. The smallest absolute Gasteiger partial charge is 0.240 e. The second-order valence-electron chi connectivity index (χ2n) is 9.40. The minimum atomic E-state index is -1.39. The number of carbonyl (C=O) groups is 1. The van der Waals surface area contributed by atoms with Crippen LogP contribution in [0.2, 0.25) is 0 Å². The van der Waals surface area contributed by atoms with Crippen molar-refractivity contribution in [2.75, 3.05) is 19.4 Å². The maximum Gasteiger partial charge on any atom is 0.240 e. The summed E-state index contributed by atoms with van der Waals surface area (Å²) in [4.78, 5) is 13.3. The fourth-order valence-electron chi connectivity index (χ4n) is 5.22. The van der Waals surface area contributed by atoms with E-state index < -0.39 is 47.3 Å². The number of hydrogen-bond acceptors (Lipinski definition) is 8. The highest BCUT2D eigenvalue weighted by molar-refractivity contribution is 7.99. The van der Waals surface area contributed by atoms with Crippen LogP contribution in [0.4, 0.5) is 0 Å². The molecular weight excluding hydrogens is 456 g/mol. The molecule has 3 rings (SSSR count). The van der Waals surface area contributed by atoms with Crippen molar-refractivity contribution < 1.29 is 29.6 Å². The Kier molecular flexibility index (Phi) is 9.94. The number of nitrogens with one attached hydrogen (secondary N) is 2. The van der Waals surface area contributed by atoms with Crippen LogP contribution in [0.5, 0.6) is 0 Å². The van der Waals surface area contributed by atoms with Gasteiger partial charge in [0.15, 0.2) is 0 Å². The van der Waals surface area contributed by atoms with E-state index in [0.717, 1.165) is 19.4 Å². The van der Waals surface area contributed by atoms with Gasteiger partial charge in [0.2, 0.25) is 5.91 Å².